The van der Waals surface area contributed by atoms with Gasteiger partial charge >= 0.3 is 0 Å². The second-order valence-electron chi connectivity index (χ2n) is 4.09. The molecule has 0 radical (unpaired) electrons. The fourth-order valence-electron chi connectivity index (χ4n) is 1.65. The Balaban J connectivity index is 2.93. The summed E-state index contributed by atoms with van der Waals surface area (Å²) in [5.74, 6) is 3.23. The lowest BCUT2D eigenvalue weighted by Crippen LogP contribution is -2.13. The lowest BCUT2D eigenvalue weighted by Gasteiger charge is -2.13. The largest absolute Gasteiger partial charge is 0.493 e. The molecule has 0 heterocycles. The van der Waals surface area contributed by atoms with E-state index in [1.807, 2.05) is 0 Å². The molecule has 1 aromatic rings. The van der Waals surface area contributed by atoms with Crippen LogP contribution in [-0.4, -0.2) is 15.0 Å². The van der Waals surface area contributed by atoms with Gasteiger partial charge in [0.15, 0.2) is 0 Å². The fraction of sp³-hybridized carbons (Fsp3) is 0.385. The van der Waals surface area contributed by atoms with Gasteiger partial charge in [-0.25, -0.2) is 13.6 Å². The molecule has 0 fully saturated rings. The van der Waals surface area contributed by atoms with E-state index < -0.39 is 10.0 Å². The maximum atomic E-state index is 11.3. The Bertz CT molecular complexity index is 547. The molecule has 0 aliphatic heterocycles. The van der Waals surface area contributed by atoms with Crippen molar-refractivity contribution in [3.8, 4) is 18.1 Å². The standard InChI is InChI=1S/C13H17NO3S/c1-4-5-6-7-17-13-10(2)8-12(9-11(13)3)18(14,15)16/h1,8-9H,5-7H2,2-3H3,(H2,14,15,16). The molecule has 0 atom stereocenters. The molecule has 0 aliphatic rings. The van der Waals surface area contributed by atoms with Gasteiger partial charge in [-0.05, 0) is 43.5 Å². The van der Waals surface area contributed by atoms with Crippen molar-refractivity contribution >= 4 is 10.0 Å². The van der Waals surface area contributed by atoms with Crippen molar-refractivity contribution in [2.45, 2.75) is 31.6 Å². The van der Waals surface area contributed by atoms with Gasteiger partial charge < -0.3 is 4.74 Å². The van der Waals surface area contributed by atoms with Crippen molar-refractivity contribution in [3.05, 3.63) is 23.3 Å². The molecule has 0 saturated heterocycles. The molecule has 0 amide bonds. The van der Waals surface area contributed by atoms with E-state index >= 15 is 0 Å². The molecule has 0 unspecified atom stereocenters. The van der Waals surface area contributed by atoms with E-state index in [2.05, 4.69) is 5.92 Å². The van der Waals surface area contributed by atoms with Crippen molar-refractivity contribution in [2.24, 2.45) is 5.14 Å². The van der Waals surface area contributed by atoms with E-state index in [1.165, 1.54) is 12.1 Å². The number of rotatable bonds is 5. The molecule has 5 heteroatoms. The molecule has 2 N–H and O–H groups in total. The van der Waals surface area contributed by atoms with Crippen molar-refractivity contribution in [1.29, 1.82) is 0 Å². The van der Waals surface area contributed by atoms with Gasteiger partial charge in [-0.3, -0.25) is 0 Å². The highest BCUT2D eigenvalue weighted by Crippen LogP contribution is 2.26. The molecule has 0 aliphatic carbocycles. The third kappa shape index (κ3) is 3.76. The maximum absolute atomic E-state index is 11.3. The number of nitrogens with two attached hydrogens (primary N) is 1. The summed E-state index contributed by atoms with van der Waals surface area (Å²) in [5.41, 5.74) is 1.50. The molecule has 0 spiro atoms. The van der Waals surface area contributed by atoms with Crippen LogP contribution in [0.25, 0.3) is 0 Å². The van der Waals surface area contributed by atoms with Gasteiger partial charge in [0.1, 0.15) is 5.75 Å². The third-order valence-corrected chi connectivity index (χ3v) is 3.37. The van der Waals surface area contributed by atoms with Crippen LogP contribution in [-0.2, 0) is 10.0 Å². The van der Waals surface area contributed by atoms with Gasteiger partial charge in [-0.15, -0.1) is 12.3 Å². The van der Waals surface area contributed by atoms with Crippen LogP contribution in [0.5, 0.6) is 5.75 Å². The average Bonchev–Trinajstić information content (AvgIpc) is 2.25. The van der Waals surface area contributed by atoms with Crippen LogP contribution in [0.3, 0.4) is 0 Å². The summed E-state index contributed by atoms with van der Waals surface area (Å²) in [6.45, 7) is 4.09. The Kier molecular flexibility index (Phi) is 4.76. The topological polar surface area (TPSA) is 69.4 Å². The van der Waals surface area contributed by atoms with Crippen LogP contribution < -0.4 is 9.88 Å². The monoisotopic (exact) mass is 267 g/mol. The summed E-state index contributed by atoms with van der Waals surface area (Å²) >= 11 is 0. The molecule has 0 saturated carbocycles. The number of ether oxygens (including phenoxy) is 1. The Morgan fingerprint density at radius 1 is 1.33 bits per heavy atom. The molecule has 98 valence electrons. The first-order valence-corrected chi connectivity index (χ1v) is 7.11. The van der Waals surface area contributed by atoms with Crippen LogP contribution in [0, 0.1) is 26.2 Å². The van der Waals surface area contributed by atoms with E-state index in [-0.39, 0.29) is 4.90 Å². The van der Waals surface area contributed by atoms with Gasteiger partial charge in [0.2, 0.25) is 10.0 Å². The first-order valence-electron chi connectivity index (χ1n) is 5.56. The molecular formula is C13H17NO3S. The smallest absolute Gasteiger partial charge is 0.238 e. The summed E-state index contributed by atoms with van der Waals surface area (Å²) in [6, 6.07) is 3.03. The van der Waals surface area contributed by atoms with Gasteiger partial charge in [0, 0.05) is 6.42 Å². The first kappa shape index (κ1) is 14.6. The Labute approximate surface area is 108 Å². The normalized spacial score (nSPS) is 11.0. The van der Waals surface area contributed by atoms with Crippen molar-refractivity contribution in [1.82, 2.24) is 0 Å². The Morgan fingerprint density at radius 2 is 1.89 bits per heavy atom. The van der Waals surface area contributed by atoms with E-state index in [4.69, 9.17) is 16.3 Å². The Hall–Kier alpha value is -1.51. The predicted octanol–water partition coefficient (Wildman–Crippen LogP) is 1.74. The minimum Gasteiger partial charge on any atom is -0.493 e. The highest BCUT2D eigenvalue weighted by Gasteiger charge is 2.13. The summed E-state index contributed by atoms with van der Waals surface area (Å²) in [6.07, 6.45) is 6.58. The minimum absolute atomic E-state index is 0.105. The van der Waals surface area contributed by atoms with Crippen LogP contribution in [0.4, 0.5) is 0 Å². The number of benzene rings is 1. The summed E-state index contributed by atoms with van der Waals surface area (Å²) in [7, 11) is -3.68. The maximum Gasteiger partial charge on any atom is 0.238 e. The first-order chi connectivity index (χ1) is 8.36. The number of terminal acetylenes is 1. The fourth-order valence-corrected chi connectivity index (χ4v) is 2.33. The SMILES string of the molecule is C#CCCCOc1c(C)cc(S(N)(=O)=O)cc1C. The molecule has 1 aromatic carbocycles. The number of aryl methyl sites for hydroxylation is 2. The predicted molar refractivity (Wildman–Crippen MR) is 70.9 cm³/mol. The summed E-state index contributed by atoms with van der Waals surface area (Å²) in [4.78, 5) is 0.105. The van der Waals surface area contributed by atoms with E-state index in [9.17, 15) is 8.42 Å². The number of primary sulfonamides is 1. The number of hydrogen-bond donors (Lipinski definition) is 1. The molecule has 0 bridgehead atoms. The number of hydrogen-bond acceptors (Lipinski definition) is 3. The van der Waals surface area contributed by atoms with Gasteiger partial charge in [0.05, 0.1) is 11.5 Å². The van der Waals surface area contributed by atoms with E-state index in [0.717, 1.165) is 17.5 Å². The molecular weight excluding hydrogens is 250 g/mol. The van der Waals surface area contributed by atoms with Crippen LogP contribution in [0.15, 0.2) is 17.0 Å². The highest BCUT2D eigenvalue weighted by molar-refractivity contribution is 7.89. The minimum atomic E-state index is -3.68. The zero-order chi connectivity index (χ0) is 13.8. The Morgan fingerprint density at radius 3 is 2.33 bits per heavy atom. The van der Waals surface area contributed by atoms with Gasteiger partial charge in [-0.2, -0.15) is 0 Å². The molecule has 18 heavy (non-hydrogen) atoms. The van der Waals surface area contributed by atoms with Gasteiger partial charge in [-0.1, -0.05) is 0 Å². The van der Waals surface area contributed by atoms with Crippen molar-refractivity contribution < 1.29 is 13.2 Å². The van der Waals surface area contributed by atoms with Crippen LogP contribution in [0.2, 0.25) is 0 Å². The van der Waals surface area contributed by atoms with E-state index in [1.54, 1.807) is 13.8 Å². The average molecular weight is 267 g/mol. The third-order valence-electron chi connectivity index (χ3n) is 2.47. The van der Waals surface area contributed by atoms with E-state index in [0.29, 0.717) is 18.8 Å². The highest BCUT2D eigenvalue weighted by atomic mass is 32.2. The van der Waals surface area contributed by atoms with Crippen molar-refractivity contribution in [2.75, 3.05) is 6.61 Å². The zero-order valence-electron chi connectivity index (χ0n) is 10.6. The second kappa shape index (κ2) is 5.89. The second-order valence-corrected chi connectivity index (χ2v) is 5.65. The molecule has 0 aromatic heterocycles. The van der Waals surface area contributed by atoms with Crippen molar-refractivity contribution in [3.63, 3.8) is 0 Å². The van der Waals surface area contributed by atoms with Crippen LogP contribution in [0.1, 0.15) is 24.0 Å². The summed E-state index contributed by atoms with van der Waals surface area (Å²) < 4.78 is 28.1. The van der Waals surface area contributed by atoms with Gasteiger partial charge in [0.25, 0.3) is 0 Å². The molecule has 1 rings (SSSR count). The number of sulfonamides is 1. The quantitative estimate of drug-likeness (QED) is 0.652. The number of unbranched alkanes of at least 4 members (excludes halogenated alkanes) is 1. The summed E-state index contributed by atoms with van der Waals surface area (Å²) in [5, 5.41) is 5.09. The molecule has 4 nitrogen and oxygen atoms in total. The van der Waals surface area contributed by atoms with Crippen LogP contribution >= 0.6 is 0 Å². The lowest BCUT2D eigenvalue weighted by molar-refractivity contribution is 0.308. The zero-order valence-corrected chi connectivity index (χ0v) is 11.4. The lowest BCUT2D eigenvalue weighted by atomic mass is 10.1.